The van der Waals surface area contributed by atoms with Crippen LogP contribution in [0.4, 0.5) is 5.69 Å². The van der Waals surface area contributed by atoms with Gasteiger partial charge in [-0.2, -0.15) is 0 Å². The van der Waals surface area contributed by atoms with Crippen molar-refractivity contribution in [3.05, 3.63) is 51.1 Å². The highest BCUT2D eigenvalue weighted by Crippen LogP contribution is 2.27. The van der Waals surface area contributed by atoms with Gasteiger partial charge >= 0.3 is 5.97 Å². The van der Waals surface area contributed by atoms with Gasteiger partial charge in [-0.25, -0.2) is 9.78 Å². The van der Waals surface area contributed by atoms with Gasteiger partial charge in [0, 0.05) is 29.6 Å². The Bertz CT molecular complexity index is 864. The van der Waals surface area contributed by atoms with Crippen molar-refractivity contribution in [3.63, 3.8) is 0 Å². The highest BCUT2D eigenvalue weighted by Gasteiger charge is 2.17. The van der Waals surface area contributed by atoms with Crippen LogP contribution in [0.15, 0.2) is 30.5 Å². The molecule has 0 saturated carbocycles. The number of rotatable bonds is 3. The monoisotopic (exact) mass is 303 g/mol. The van der Waals surface area contributed by atoms with Crippen molar-refractivity contribution in [3.8, 4) is 11.3 Å². The molecule has 106 valence electrons. The third kappa shape index (κ3) is 2.15. The van der Waals surface area contributed by atoms with E-state index in [9.17, 15) is 14.9 Å². The molecule has 0 saturated heterocycles. The third-order valence-corrected chi connectivity index (χ3v) is 4.27. The zero-order valence-corrected chi connectivity index (χ0v) is 11.6. The second kappa shape index (κ2) is 4.67. The summed E-state index contributed by atoms with van der Waals surface area (Å²) in [6, 6.07) is 6.08. The summed E-state index contributed by atoms with van der Waals surface area (Å²) in [5.74, 6) is -0.972. The highest BCUT2D eigenvalue weighted by atomic mass is 32.1. The normalized spacial score (nSPS) is 10.9. The first-order valence-electron chi connectivity index (χ1n) is 5.94. The van der Waals surface area contributed by atoms with Crippen LogP contribution in [0, 0.1) is 17.0 Å². The van der Waals surface area contributed by atoms with Crippen LogP contribution in [-0.4, -0.2) is 25.4 Å². The maximum Gasteiger partial charge on any atom is 0.347 e. The average Bonchev–Trinajstić information content (AvgIpc) is 2.99. The SMILES string of the molecule is Cc1c(C(=O)O)sc2nc(-c3ccc([N+](=O)[O-])cc3)cn12. The number of benzene rings is 1. The van der Waals surface area contributed by atoms with Gasteiger partial charge in [0.2, 0.25) is 0 Å². The van der Waals surface area contributed by atoms with Gasteiger partial charge < -0.3 is 5.11 Å². The van der Waals surface area contributed by atoms with E-state index in [0.717, 1.165) is 16.9 Å². The molecule has 2 aromatic heterocycles. The Morgan fingerprint density at radius 1 is 1.38 bits per heavy atom. The van der Waals surface area contributed by atoms with E-state index in [1.807, 2.05) is 0 Å². The summed E-state index contributed by atoms with van der Waals surface area (Å²) in [7, 11) is 0. The fraction of sp³-hybridized carbons (Fsp3) is 0.0769. The van der Waals surface area contributed by atoms with Gasteiger partial charge in [0.25, 0.3) is 5.69 Å². The number of aromatic nitrogens is 2. The lowest BCUT2D eigenvalue weighted by atomic mass is 10.1. The number of non-ortho nitro benzene ring substituents is 1. The number of fused-ring (bicyclic) bond motifs is 1. The molecule has 0 aliphatic carbocycles. The molecule has 0 aliphatic heterocycles. The number of nitro groups is 1. The van der Waals surface area contributed by atoms with Crippen LogP contribution in [0.5, 0.6) is 0 Å². The van der Waals surface area contributed by atoms with Gasteiger partial charge in [0.1, 0.15) is 4.88 Å². The predicted molar refractivity (Wildman–Crippen MR) is 76.9 cm³/mol. The first kappa shape index (κ1) is 13.3. The zero-order valence-electron chi connectivity index (χ0n) is 10.8. The molecule has 0 aliphatic rings. The molecule has 3 aromatic rings. The van der Waals surface area contributed by atoms with Gasteiger partial charge in [0.05, 0.1) is 10.6 Å². The smallest absolute Gasteiger partial charge is 0.347 e. The van der Waals surface area contributed by atoms with Crippen molar-refractivity contribution in [1.82, 2.24) is 9.38 Å². The van der Waals surface area contributed by atoms with E-state index in [0.29, 0.717) is 16.3 Å². The van der Waals surface area contributed by atoms with Crippen LogP contribution < -0.4 is 0 Å². The molecule has 1 aromatic carbocycles. The number of nitrogens with zero attached hydrogens (tertiary/aromatic N) is 3. The van der Waals surface area contributed by atoms with E-state index >= 15 is 0 Å². The number of imidazole rings is 1. The van der Waals surface area contributed by atoms with E-state index in [-0.39, 0.29) is 10.6 Å². The Morgan fingerprint density at radius 2 is 2.05 bits per heavy atom. The van der Waals surface area contributed by atoms with Gasteiger partial charge in [-0.15, -0.1) is 0 Å². The van der Waals surface area contributed by atoms with Gasteiger partial charge in [-0.1, -0.05) is 11.3 Å². The van der Waals surface area contributed by atoms with E-state index < -0.39 is 10.9 Å². The maximum atomic E-state index is 11.1. The quantitative estimate of drug-likeness (QED) is 0.592. The number of aryl methyl sites for hydroxylation is 1. The van der Waals surface area contributed by atoms with Crippen molar-refractivity contribution in [2.45, 2.75) is 6.92 Å². The standard InChI is InChI=1S/C13H9N3O4S/c1-7-11(12(17)18)21-13-14-10(6-15(7)13)8-2-4-9(5-3-8)16(19)20/h2-6H,1H3,(H,17,18). The molecule has 0 amide bonds. The number of nitro benzene ring substituents is 1. The molecule has 0 spiro atoms. The highest BCUT2D eigenvalue weighted by molar-refractivity contribution is 7.19. The van der Waals surface area contributed by atoms with Crippen LogP contribution in [-0.2, 0) is 0 Å². The lowest BCUT2D eigenvalue weighted by Crippen LogP contribution is -1.96. The first-order valence-corrected chi connectivity index (χ1v) is 6.75. The van der Waals surface area contributed by atoms with E-state index in [4.69, 9.17) is 5.11 Å². The number of thiazole rings is 1. The third-order valence-electron chi connectivity index (χ3n) is 3.13. The summed E-state index contributed by atoms with van der Waals surface area (Å²) in [5.41, 5.74) is 2.02. The minimum atomic E-state index is -0.972. The number of carboxylic acid groups (broad SMARTS) is 1. The zero-order chi connectivity index (χ0) is 15.1. The number of carbonyl (C=O) groups is 1. The lowest BCUT2D eigenvalue weighted by molar-refractivity contribution is -0.384. The number of hydrogen-bond acceptors (Lipinski definition) is 5. The van der Waals surface area contributed by atoms with Crippen molar-refractivity contribution in [2.24, 2.45) is 0 Å². The molecule has 3 rings (SSSR count). The Balaban J connectivity index is 2.05. The Morgan fingerprint density at radius 3 is 2.57 bits per heavy atom. The predicted octanol–water partition coefficient (Wildman–Crippen LogP) is 2.98. The topological polar surface area (TPSA) is 97.7 Å². The van der Waals surface area contributed by atoms with Crippen LogP contribution in [0.25, 0.3) is 16.2 Å². The molecular weight excluding hydrogens is 294 g/mol. The summed E-state index contributed by atoms with van der Waals surface area (Å²) >= 11 is 1.10. The second-order valence-corrected chi connectivity index (χ2v) is 5.38. The molecular formula is C13H9N3O4S. The summed E-state index contributed by atoms with van der Waals surface area (Å²) in [5, 5.41) is 19.7. The summed E-state index contributed by atoms with van der Waals surface area (Å²) in [4.78, 5) is 26.4. The number of aromatic carboxylic acids is 1. The minimum Gasteiger partial charge on any atom is -0.477 e. The van der Waals surface area contributed by atoms with Crippen LogP contribution >= 0.6 is 11.3 Å². The lowest BCUT2D eigenvalue weighted by Gasteiger charge is -1.96. The van der Waals surface area contributed by atoms with E-state index in [2.05, 4.69) is 4.98 Å². The molecule has 8 heteroatoms. The largest absolute Gasteiger partial charge is 0.477 e. The van der Waals surface area contributed by atoms with Gasteiger partial charge in [-0.05, 0) is 19.1 Å². The molecule has 21 heavy (non-hydrogen) atoms. The van der Waals surface area contributed by atoms with E-state index in [1.54, 1.807) is 29.7 Å². The van der Waals surface area contributed by atoms with E-state index in [1.165, 1.54) is 12.1 Å². The fourth-order valence-electron chi connectivity index (χ4n) is 2.04. The van der Waals surface area contributed by atoms with Crippen molar-refractivity contribution < 1.29 is 14.8 Å². The van der Waals surface area contributed by atoms with Crippen LogP contribution in [0.3, 0.4) is 0 Å². The Labute approximate surface area is 122 Å². The molecule has 1 N–H and O–H groups in total. The first-order chi connectivity index (χ1) is 9.97. The second-order valence-electron chi connectivity index (χ2n) is 4.40. The molecule has 0 atom stereocenters. The average molecular weight is 303 g/mol. The number of hydrogen-bond donors (Lipinski definition) is 1. The summed E-state index contributed by atoms with van der Waals surface area (Å²) in [6.07, 6.45) is 1.73. The maximum absolute atomic E-state index is 11.1. The number of carboxylic acids is 1. The Kier molecular flexibility index (Phi) is 2.95. The van der Waals surface area contributed by atoms with Crippen molar-refractivity contribution in [2.75, 3.05) is 0 Å². The Hall–Kier alpha value is -2.74. The summed E-state index contributed by atoms with van der Waals surface area (Å²) in [6.45, 7) is 1.72. The fourth-order valence-corrected chi connectivity index (χ4v) is 2.99. The van der Waals surface area contributed by atoms with Crippen LogP contribution in [0.1, 0.15) is 15.4 Å². The molecule has 0 unspecified atom stereocenters. The summed E-state index contributed by atoms with van der Waals surface area (Å²) < 4.78 is 1.71. The molecule has 0 fully saturated rings. The van der Waals surface area contributed by atoms with Crippen LogP contribution in [0.2, 0.25) is 0 Å². The minimum absolute atomic E-state index is 0.0177. The molecule has 7 nitrogen and oxygen atoms in total. The van der Waals surface area contributed by atoms with Crippen molar-refractivity contribution in [1.29, 1.82) is 0 Å². The molecule has 0 radical (unpaired) electrons. The molecule has 0 bridgehead atoms. The molecule has 2 heterocycles. The van der Waals surface area contributed by atoms with Crippen molar-refractivity contribution >= 4 is 28.0 Å². The van der Waals surface area contributed by atoms with Gasteiger partial charge in [0.15, 0.2) is 4.96 Å². The van der Waals surface area contributed by atoms with Gasteiger partial charge in [-0.3, -0.25) is 14.5 Å².